The Balaban J connectivity index is 1.72. The first-order valence-corrected chi connectivity index (χ1v) is 7.68. The third-order valence-corrected chi connectivity index (χ3v) is 4.24. The van der Waals surface area contributed by atoms with E-state index in [-0.39, 0.29) is 5.65 Å². The first-order chi connectivity index (χ1) is 11.9. The van der Waals surface area contributed by atoms with Crippen molar-refractivity contribution in [3.63, 3.8) is 0 Å². The minimum absolute atomic E-state index is 0.146. The van der Waals surface area contributed by atoms with Crippen LogP contribution in [0.4, 0.5) is 13.2 Å². The van der Waals surface area contributed by atoms with Crippen LogP contribution in [0.3, 0.4) is 0 Å². The molecule has 0 N–H and O–H groups in total. The maximum atomic E-state index is 13.0. The molecule has 0 amide bonds. The lowest BCUT2D eigenvalue weighted by Crippen LogP contribution is -2.22. The average Bonchev–Trinajstić information content (AvgIpc) is 3.21. The summed E-state index contributed by atoms with van der Waals surface area (Å²) in [5.41, 5.74) is 2.40. The van der Waals surface area contributed by atoms with E-state index in [9.17, 15) is 13.2 Å². The summed E-state index contributed by atoms with van der Waals surface area (Å²) in [4.78, 5) is 0. The van der Waals surface area contributed by atoms with Crippen LogP contribution in [-0.2, 0) is 21.4 Å². The van der Waals surface area contributed by atoms with Crippen molar-refractivity contribution in [2.75, 3.05) is 13.2 Å². The molecule has 1 aliphatic heterocycles. The summed E-state index contributed by atoms with van der Waals surface area (Å²) in [5, 5.41) is 6.79. The maximum absolute atomic E-state index is 13.0. The normalized spacial score (nSPS) is 17.3. The van der Waals surface area contributed by atoms with Crippen molar-refractivity contribution in [3.05, 3.63) is 54.0 Å². The fourth-order valence-corrected chi connectivity index (χ4v) is 2.90. The van der Waals surface area contributed by atoms with Crippen molar-refractivity contribution in [3.8, 4) is 11.1 Å². The summed E-state index contributed by atoms with van der Waals surface area (Å²) in [6, 6.07) is 10.6. The minimum Gasteiger partial charge on any atom is -0.344 e. The van der Waals surface area contributed by atoms with Crippen molar-refractivity contribution in [2.24, 2.45) is 0 Å². The highest BCUT2D eigenvalue weighted by Gasteiger charge is 2.37. The molecule has 3 aromatic rings. The van der Waals surface area contributed by atoms with E-state index in [1.165, 1.54) is 12.3 Å². The van der Waals surface area contributed by atoms with E-state index in [1.54, 1.807) is 6.07 Å². The second-order valence-corrected chi connectivity index (χ2v) is 5.89. The maximum Gasteiger partial charge on any atom is 0.452 e. The van der Waals surface area contributed by atoms with Gasteiger partial charge in [-0.25, -0.2) is 0 Å². The highest BCUT2D eigenvalue weighted by atomic mass is 19.4. The van der Waals surface area contributed by atoms with Crippen molar-refractivity contribution in [2.45, 2.75) is 18.9 Å². The molecule has 0 bridgehead atoms. The lowest BCUT2D eigenvalue weighted by Gasteiger charge is -2.22. The number of hydrogen-bond acceptors (Lipinski definition) is 4. The van der Waals surface area contributed by atoms with Gasteiger partial charge in [-0.15, -0.1) is 10.2 Å². The van der Waals surface area contributed by atoms with Gasteiger partial charge in [-0.2, -0.15) is 13.2 Å². The Morgan fingerprint density at radius 3 is 2.24 bits per heavy atom. The van der Waals surface area contributed by atoms with Gasteiger partial charge in [-0.05, 0) is 30.2 Å². The monoisotopic (exact) mass is 349 g/mol. The Bertz CT molecular complexity index is 913. The summed E-state index contributed by atoms with van der Waals surface area (Å²) in [5.74, 6) is -1.82. The highest BCUT2D eigenvalue weighted by molar-refractivity contribution is 5.65. The molecule has 3 heterocycles. The van der Waals surface area contributed by atoms with Crippen molar-refractivity contribution in [1.29, 1.82) is 0 Å². The molecule has 1 aromatic carbocycles. The van der Waals surface area contributed by atoms with Gasteiger partial charge in [0.05, 0.1) is 13.2 Å². The number of pyridine rings is 1. The van der Waals surface area contributed by atoms with E-state index in [0.29, 0.717) is 18.8 Å². The summed E-state index contributed by atoms with van der Waals surface area (Å²) in [6.07, 6.45) is -3.18. The Morgan fingerprint density at radius 1 is 0.960 bits per heavy atom. The molecule has 0 unspecified atom stereocenters. The number of hydrogen-bond donors (Lipinski definition) is 0. The van der Waals surface area contributed by atoms with Gasteiger partial charge in [0.1, 0.15) is 0 Å². The lowest BCUT2D eigenvalue weighted by atomic mass is 10.0. The smallest absolute Gasteiger partial charge is 0.344 e. The number of alkyl halides is 3. The SMILES string of the molecule is CC1(c2ccc(-c3ccc4nnc(C(F)(F)F)n4c3)cc2)OCCO1. The topological polar surface area (TPSA) is 48.7 Å². The molecule has 25 heavy (non-hydrogen) atoms. The van der Waals surface area contributed by atoms with Gasteiger partial charge in [-0.3, -0.25) is 4.40 Å². The molecule has 4 rings (SSSR count). The second-order valence-electron chi connectivity index (χ2n) is 5.89. The molecular weight excluding hydrogens is 335 g/mol. The van der Waals surface area contributed by atoms with E-state index in [2.05, 4.69) is 10.2 Å². The van der Waals surface area contributed by atoms with Crippen LogP contribution in [0.2, 0.25) is 0 Å². The van der Waals surface area contributed by atoms with Gasteiger partial charge in [0.25, 0.3) is 0 Å². The van der Waals surface area contributed by atoms with Gasteiger partial charge in [0.2, 0.25) is 5.82 Å². The van der Waals surface area contributed by atoms with Gasteiger partial charge in [0, 0.05) is 11.8 Å². The molecule has 0 saturated carbocycles. The van der Waals surface area contributed by atoms with Gasteiger partial charge < -0.3 is 9.47 Å². The molecule has 2 aromatic heterocycles. The van der Waals surface area contributed by atoms with Crippen LogP contribution in [0.5, 0.6) is 0 Å². The molecule has 0 spiro atoms. The fourth-order valence-electron chi connectivity index (χ4n) is 2.90. The molecule has 0 radical (unpaired) electrons. The lowest BCUT2D eigenvalue weighted by molar-refractivity contribution is -0.149. The van der Waals surface area contributed by atoms with E-state index in [4.69, 9.17) is 9.47 Å². The summed E-state index contributed by atoms with van der Waals surface area (Å²) >= 11 is 0. The summed E-state index contributed by atoms with van der Waals surface area (Å²) < 4.78 is 51.2. The zero-order chi connectivity index (χ0) is 17.7. The first kappa shape index (κ1) is 16.0. The first-order valence-electron chi connectivity index (χ1n) is 7.68. The zero-order valence-corrected chi connectivity index (χ0v) is 13.2. The molecule has 1 aliphatic rings. The molecule has 1 saturated heterocycles. The number of halogens is 3. The quantitative estimate of drug-likeness (QED) is 0.709. The number of rotatable bonds is 2. The molecule has 130 valence electrons. The summed E-state index contributed by atoms with van der Waals surface area (Å²) in [7, 11) is 0. The Labute approximate surface area is 141 Å². The van der Waals surface area contributed by atoms with Crippen LogP contribution in [-0.4, -0.2) is 27.8 Å². The third kappa shape index (κ3) is 2.77. The van der Waals surface area contributed by atoms with Crippen molar-refractivity contribution >= 4 is 5.65 Å². The minimum atomic E-state index is -4.56. The van der Waals surface area contributed by atoms with Crippen LogP contribution in [0.1, 0.15) is 18.3 Å². The number of benzene rings is 1. The average molecular weight is 349 g/mol. The number of nitrogens with zero attached hydrogens (tertiary/aromatic N) is 3. The Kier molecular flexibility index (Phi) is 3.55. The number of fused-ring (bicyclic) bond motifs is 1. The molecular formula is C17H14F3N3O2. The molecule has 5 nitrogen and oxygen atoms in total. The van der Waals surface area contributed by atoms with Gasteiger partial charge in [0.15, 0.2) is 11.4 Å². The largest absolute Gasteiger partial charge is 0.452 e. The highest BCUT2D eigenvalue weighted by Crippen LogP contribution is 2.33. The molecule has 8 heteroatoms. The standard InChI is InChI=1S/C17H14F3N3O2/c1-16(24-8-9-25-16)13-5-2-11(3-6-13)12-4-7-14-21-22-15(17(18,19)20)23(14)10-12/h2-7,10H,8-9H2,1H3. The van der Waals surface area contributed by atoms with Crippen LogP contribution < -0.4 is 0 Å². The number of ether oxygens (including phenoxy) is 2. The Morgan fingerprint density at radius 2 is 1.60 bits per heavy atom. The van der Waals surface area contributed by atoms with E-state index < -0.39 is 17.8 Å². The Hall–Kier alpha value is -2.45. The third-order valence-electron chi connectivity index (χ3n) is 4.24. The van der Waals surface area contributed by atoms with Crippen LogP contribution in [0.25, 0.3) is 16.8 Å². The predicted octanol–water partition coefficient (Wildman–Crippen LogP) is 3.63. The van der Waals surface area contributed by atoms with E-state index >= 15 is 0 Å². The predicted molar refractivity (Wildman–Crippen MR) is 82.7 cm³/mol. The summed E-state index contributed by atoms with van der Waals surface area (Å²) in [6.45, 7) is 2.90. The van der Waals surface area contributed by atoms with Gasteiger partial charge >= 0.3 is 6.18 Å². The molecule has 0 aliphatic carbocycles. The van der Waals surface area contributed by atoms with Crippen molar-refractivity contribution < 1.29 is 22.6 Å². The van der Waals surface area contributed by atoms with Crippen LogP contribution in [0.15, 0.2) is 42.6 Å². The molecule has 0 atom stereocenters. The second kappa shape index (κ2) is 5.53. The van der Waals surface area contributed by atoms with Crippen LogP contribution in [0, 0.1) is 0 Å². The fraction of sp³-hybridized carbons (Fsp3) is 0.294. The van der Waals surface area contributed by atoms with Gasteiger partial charge in [-0.1, -0.05) is 24.3 Å². The number of aromatic nitrogens is 3. The van der Waals surface area contributed by atoms with E-state index in [1.807, 2.05) is 31.2 Å². The van der Waals surface area contributed by atoms with Crippen molar-refractivity contribution in [1.82, 2.24) is 14.6 Å². The zero-order valence-electron chi connectivity index (χ0n) is 13.2. The van der Waals surface area contributed by atoms with E-state index in [0.717, 1.165) is 15.5 Å². The van der Waals surface area contributed by atoms with Crippen LogP contribution >= 0.6 is 0 Å². The molecule has 1 fully saturated rings.